The molecule has 560 valence electrons. The number of unbranched alkanes of at least 4 members (excludes halogenated alkanes) is 37. The molecule has 0 heterocycles. The molecule has 0 saturated carbocycles. The predicted molar refractivity (Wildman–Crippen MR) is 386 cm³/mol. The van der Waals surface area contributed by atoms with E-state index in [1.165, 1.54) is 154 Å². The van der Waals surface area contributed by atoms with Crippen LogP contribution in [0.5, 0.6) is 0 Å². The monoisotopic (exact) mass is 1390 g/mol. The topological polar surface area (TPSA) is 237 Å². The van der Waals surface area contributed by atoms with Crippen molar-refractivity contribution in [3.63, 3.8) is 0 Å². The molecule has 3 N–H and O–H groups in total. The molecule has 0 aliphatic rings. The van der Waals surface area contributed by atoms with Gasteiger partial charge in [0.05, 0.1) is 26.4 Å². The number of phosphoric ester groups is 2. The third-order valence-corrected chi connectivity index (χ3v) is 18.9. The Kier molecular flexibility index (Phi) is 64.4. The summed E-state index contributed by atoms with van der Waals surface area (Å²) in [6.07, 6.45) is 55.0. The second kappa shape index (κ2) is 66.1. The molecule has 0 bridgehead atoms. The molecule has 0 aromatic carbocycles. The van der Waals surface area contributed by atoms with Crippen LogP contribution in [0.1, 0.15) is 363 Å². The molecule has 19 heteroatoms. The minimum absolute atomic E-state index is 0.0847. The van der Waals surface area contributed by atoms with Crippen molar-refractivity contribution in [3.8, 4) is 0 Å². The lowest BCUT2D eigenvalue weighted by atomic mass is 10.0. The standard InChI is InChI=1S/C76H144O17P2/c1-8-9-10-11-12-13-14-15-16-19-26-31-36-45-52-59-75(80)92-71(63-86-73(78)57-50-43-35-30-25-22-21-24-29-34-41-48-55-68(4)5)65-90-94(82,83)88-61-70(77)62-89-95(84,85)91-66-72(64-87-74(79)58-51-44-39-38-42-49-56-69(6)7)93-76(81)60-53-46-37-32-27-20-17-18-23-28-33-40-47-54-67(2)3/h13-16,67-72,77H,8-12,17-66H2,1-7H3,(H,82,83)(H,84,85)/b14-13-,16-15-/t70-,71-,72-/m1/s1. The number of esters is 4. The fraction of sp³-hybridized carbons (Fsp3) is 0.895. The molecule has 17 nitrogen and oxygen atoms in total. The molecule has 0 saturated heterocycles. The molecular weight excluding hydrogens is 1250 g/mol. The van der Waals surface area contributed by atoms with Gasteiger partial charge in [0.15, 0.2) is 12.2 Å². The quantitative estimate of drug-likeness (QED) is 0.0169. The first-order chi connectivity index (χ1) is 45.7. The van der Waals surface area contributed by atoms with Gasteiger partial charge in [0.25, 0.3) is 0 Å². The summed E-state index contributed by atoms with van der Waals surface area (Å²) in [6, 6.07) is 0. The van der Waals surface area contributed by atoms with E-state index < -0.39 is 97.5 Å². The predicted octanol–water partition coefficient (Wildman–Crippen LogP) is 21.7. The SMILES string of the molecule is CCCCCC/C=C\C=C/CCCCCCCC(=O)O[C@H](COC(=O)CCCCCCCCCCCCCCC(C)C)COP(=O)(O)OC[C@@H](O)COP(=O)(O)OC[C@@H](COC(=O)CCCCCCCCC(C)C)OC(=O)CCCCCCCCCCCCCCCC(C)C. The van der Waals surface area contributed by atoms with Crippen LogP contribution in [0.4, 0.5) is 0 Å². The Hall–Kier alpha value is -2.46. The number of ether oxygens (including phenoxy) is 4. The first kappa shape index (κ1) is 92.5. The zero-order valence-electron chi connectivity index (χ0n) is 61.6. The Morgan fingerprint density at radius 2 is 0.568 bits per heavy atom. The molecule has 0 fully saturated rings. The summed E-state index contributed by atoms with van der Waals surface area (Å²) in [5.74, 6) is 0.0922. The van der Waals surface area contributed by atoms with Gasteiger partial charge in [-0.2, -0.15) is 0 Å². The number of aliphatic hydroxyl groups is 1. The summed E-state index contributed by atoms with van der Waals surface area (Å²) in [6.45, 7) is 11.8. The van der Waals surface area contributed by atoms with Gasteiger partial charge in [0, 0.05) is 25.7 Å². The van der Waals surface area contributed by atoms with Crippen LogP contribution >= 0.6 is 15.6 Å². The molecule has 95 heavy (non-hydrogen) atoms. The summed E-state index contributed by atoms with van der Waals surface area (Å²) in [7, 11) is -9.92. The molecule has 2 unspecified atom stereocenters. The Bertz CT molecular complexity index is 1950. The van der Waals surface area contributed by atoms with Gasteiger partial charge in [0.1, 0.15) is 19.3 Å². The molecule has 0 aromatic heterocycles. The first-order valence-corrected chi connectivity index (χ1v) is 41.7. The highest BCUT2D eigenvalue weighted by molar-refractivity contribution is 7.47. The molecular formula is C76H144O17P2. The maximum atomic E-state index is 13.1. The van der Waals surface area contributed by atoms with Crippen molar-refractivity contribution in [1.82, 2.24) is 0 Å². The lowest BCUT2D eigenvalue weighted by Gasteiger charge is -2.21. The van der Waals surface area contributed by atoms with Crippen LogP contribution in [0.25, 0.3) is 0 Å². The molecule has 0 aliphatic heterocycles. The minimum Gasteiger partial charge on any atom is -0.462 e. The van der Waals surface area contributed by atoms with Crippen molar-refractivity contribution in [2.24, 2.45) is 17.8 Å². The van der Waals surface area contributed by atoms with E-state index in [2.05, 4.69) is 72.8 Å². The van der Waals surface area contributed by atoms with E-state index >= 15 is 0 Å². The van der Waals surface area contributed by atoms with Gasteiger partial charge in [-0.1, -0.05) is 310 Å². The summed E-state index contributed by atoms with van der Waals surface area (Å²) in [5, 5.41) is 10.6. The van der Waals surface area contributed by atoms with Crippen LogP contribution in [0.2, 0.25) is 0 Å². The highest BCUT2D eigenvalue weighted by Crippen LogP contribution is 2.45. The van der Waals surface area contributed by atoms with Gasteiger partial charge in [-0.25, -0.2) is 9.13 Å². The molecule has 0 spiro atoms. The maximum absolute atomic E-state index is 13.1. The molecule has 5 atom stereocenters. The van der Waals surface area contributed by atoms with E-state index in [4.69, 9.17) is 37.0 Å². The van der Waals surface area contributed by atoms with E-state index in [-0.39, 0.29) is 25.7 Å². The van der Waals surface area contributed by atoms with Crippen LogP contribution in [0.3, 0.4) is 0 Å². The summed E-state index contributed by atoms with van der Waals surface area (Å²) in [4.78, 5) is 72.8. The Morgan fingerprint density at radius 3 is 0.853 bits per heavy atom. The van der Waals surface area contributed by atoms with E-state index in [1.807, 2.05) is 0 Å². The second-order valence-corrected chi connectivity index (χ2v) is 31.0. The fourth-order valence-electron chi connectivity index (χ4n) is 11.1. The lowest BCUT2D eigenvalue weighted by Crippen LogP contribution is -2.30. The van der Waals surface area contributed by atoms with Gasteiger partial charge in [-0.3, -0.25) is 37.3 Å². The van der Waals surface area contributed by atoms with E-state index in [0.29, 0.717) is 31.6 Å². The van der Waals surface area contributed by atoms with E-state index in [0.717, 1.165) is 121 Å². The normalized spacial score (nSPS) is 14.2. The van der Waals surface area contributed by atoms with Crippen molar-refractivity contribution < 1.29 is 80.2 Å². The number of carbonyl (C=O) groups is 4. The average Bonchev–Trinajstić information content (AvgIpc) is 1.30. The Morgan fingerprint density at radius 1 is 0.326 bits per heavy atom. The highest BCUT2D eigenvalue weighted by atomic mass is 31.2. The molecule has 0 aliphatic carbocycles. The lowest BCUT2D eigenvalue weighted by molar-refractivity contribution is -0.161. The smallest absolute Gasteiger partial charge is 0.462 e. The van der Waals surface area contributed by atoms with Gasteiger partial charge in [-0.05, 0) is 69.1 Å². The van der Waals surface area contributed by atoms with Crippen molar-refractivity contribution in [1.29, 1.82) is 0 Å². The fourth-order valence-corrected chi connectivity index (χ4v) is 12.6. The zero-order valence-corrected chi connectivity index (χ0v) is 63.4. The molecule has 0 aromatic rings. The van der Waals surface area contributed by atoms with Gasteiger partial charge < -0.3 is 33.8 Å². The number of rotatable bonds is 72. The van der Waals surface area contributed by atoms with Gasteiger partial charge in [-0.15, -0.1) is 0 Å². The first-order valence-electron chi connectivity index (χ1n) is 38.7. The Labute approximate surface area is 580 Å². The summed E-state index contributed by atoms with van der Waals surface area (Å²) < 4.78 is 68.4. The van der Waals surface area contributed by atoms with Crippen molar-refractivity contribution in [2.45, 2.75) is 381 Å². The third kappa shape index (κ3) is 69.8. The number of allylic oxidation sites excluding steroid dienone is 4. The largest absolute Gasteiger partial charge is 0.472 e. The van der Waals surface area contributed by atoms with Crippen molar-refractivity contribution in [2.75, 3.05) is 39.6 Å². The third-order valence-electron chi connectivity index (χ3n) is 17.0. The molecule has 0 radical (unpaired) electrons. The van der Waals surface area contributed by atoms with Gasteiger partial charge in [0.2, 0.25) is 0 Å². The second-order valence-electron chi connectivity index (χ2n) is 28.1. The van der Waals surface area contributed by atoms with Crippen LogP contribution in [-0.4, -0.2) is 96.7 Å². The van der Waals surface area contributed by atoms with E-state index in [9.17, 15) is 43.2 Å². The Balaban J connectivity index is 5.27. The van der Waals surface area contributed by atoms with Crippen LogP contribution in [0, 0.1) is 17.8 Å². The van der Waals surface area contributed by atoms with E-state index in [1.54, 1.807) is 0 Å². The zero-order chi connectivity index (χ0) is 70.1. The maximum Gasteiger partial charge on any atom is 0.472 e. The highest BCUT2D eigenvalue weighted by Gasteiger charge is 2.30. The average molecular weight is 1390 g/mol. The summed E-state index contributed by atoms with van der Waals surface area (Å²) in [5.41, 5.74) is 0. The number of carbonyl (C=O) groups excluding carboxylic acids is 4. The number of aliphatic hydroxyl groups excluding tert-OH is 1. The minimum atomic E-state index is -4.97. The van der Waals surface area contributed by atoms with Crippen molar-refractivity contribution >= 4 is 39.5 Å². The molecule has 0 rings (SSSR count). The summed E-state index contributed by atoms with van der Waals surface area (Å²) >= 11 is 0. The van der Waals surface area contributed by atoms with Crippen LogP contribution in [0.15, 0.2) is 24.3 Å². The number of hydrogen-bond acceptors (Lipinski definition) is 15. The number of phosphoric acid groups is 2. The van der Waals surface area contributed by atoms with Gasteiger partial charge >= 0.3 is 39.5 Å². The number of hydrogen-bond donors (Lipinski definition) is 3. The van der Waals surface area contributed by atoms with Crippen LogP contribution < -0.4 is 0 Å². The molecule has 0 amide bonds. The van der Waals surface area contributed by atoms with Crippen molar-refractivity contribution in [3.05, 3.63) is 24.3 Å². The van der Waals surface area contributed by atoms with Crippen LogP contribution in [-0.2, 0) is 65.4 Å².